The van der Waals surface area contributed by atoms with Crippen molar-refractivity contribution in [1.82, 2.24) is 0 Å². The predicted octanol–water partition coefficient (Wildman–Crippen LogP) is 0.937. The summed E-state index contributed by atoms with van der Waals surface area (Å²) in [6, 6.07) is 6.94. The quantitative estimate of drug-likeness (QED) is 0.469. The van der Waals surface area contributed by atoms with Crippen molar-refractivity contribution in [2.45, 2.75) is 0 Å². The van der Waals surface area contributed by atoms with E-state index in [1.807, 2.05) is 0 Å². The van der Waals surface area contributed by atoms with Crippen LogP contribution in [-0.4, -0.2) is 6.21 Å². The molecule has 0 amide bonds. The van der Waals surface area contributed by atoms with Gasteiger partial charge in [-0.1, -0.05) is 0 Å². The summed E-state index contributed by atoms with van der Waals surface area (Å²) in [4.78, 5) is 4.44. The molecule has 0 fully saturated rings. The molecule has 3 N–H and O–H groups in total. The van der Waals surface area contributed by atoms with E-state index in [0.29, 0.717) is 5.75 Å². The third kappa shape index (κ3) is 1.33. The highest BCUT2D eigenvalue weighted by molar-refractivity contribution is 5.76. The molecule has 0 spiro atoms. The van der Waals surface area contributed by atoms with Crippen molar-refractivity contribution >= 4 is 6.21 Å². The monoisotopic (exact) mass is 136 g/mol. The van der Waals surface area contributed by atoms with Crippen molar-refractivity contribution in [1.29, 1.82) is 5.41 Å². The largest absolute Gasteiger partial charge is 0.412 e. The van der Waals surface area contributed by atoms with E-state index in [-0.39, 0.29) is 0 Å². The molecule has 0 saturated heterocycles. The predicted molar refractivity (Wildman–Crippen MR) is 39.1 cm³/mol. The van der Waals surface area contributed by atoms with Gasteiger partial charge in [-0.2, -0.15) is 5.90 Å². The van der Waals surface area contributed by atoms with E-state index in [0.717, 1.165) is 5.56 Å². The standard InChI is InChI=1S/C7H8N2O/c8-5-6-1-3-7(10-9)4-2-6/h1-5,8H,9H2. The summed E-state index contributed by atoms with van der Waals surface area (Å²) in [6.45, 7) is 0. The molecule has 1 aromatic rings. The lowest BCUT2D eigenvalue weighted by Crippen LogP contribution is -2.01. The van der Waals surface area contributed by atoms with Crippen molar-refractivity contribution in [3.8, 4) is 5.75 Å². The molecule has 1 rings (SSSR count). The van der Waals surface area contributed by atoms with Crippen molar-refractivity contribution in [3.05, 3.63) is 29.8 Å². The molecule has 3 heteroatoms. The van der Waals surface area contributed by atoms with Gasteiger partial charge in [-0.25, -0.2) is 0 Å². The number of hydrogen-bond donors (Lipinski definition) is 2. The van der Waals surface area contributed by atoms with Crippen LogP contribution in [-0.2, 0) is 0 Å². The van der Waals surface area contributed by atoms with Gasteiger partial charge in [0.2, 0.25) is 0 Å². The fraction of sp³-hybridized carbons (Fsp3) is 0. The first-order valence-corrected chi connectivity index (χ1v) is 2.84. The highest BCUT2D eigenvalue weighted by Gasteiger charge is 1.88. The number of nitrogens with one attached hydrogen (secondary N) is 1. The lowest BCUT2D eigenvalue weighted by molar-refractivity contribution is 0.334. The lowest BCUT2D eigenvalue weighted by Gasteiger charge is -1.96. The number of rotatable bonds is 2. The van der Waals surface area contributed by atoms with Crippen molar-refractivity contribution < 1.29 is 4.84 Å². The minimum Gasteiger partial charge on any atom is -0.412 e. The van der Waals surface area contributed by atoms with Crippen LogP contribution in [0.2, 0.25) is 0 Å². The lowest BCUT2D eigenvalue weighted by atomic mass is 10.2. The molecule has 0 aliphatic rings. The highest BCUT2D eigenvalue weighted by atomic mass is 16.6. The molecule has 1 aromatic carbocycles. The maximum absolute atomic E-state index is 6.87. The minimum absolute atomic E-state index is 0.602. The van der Waals surface area contributed by atoms with E-state index in [2.05, 4.69) is 4.84 Å². The van der Waals surface area contributed by atoms with Gasteiger partial charge in [0, 0.05) is 6.21 Å². The molecule has 0 atom stereocenters. The van der Waals surface area contributed by atoms with Gasteiger partial charge in [-0.3, -0.25) is 0 Å². The van der Waals surface area contributed by atoms with Crippen molar-refractivity contribution in [2.24, 2.45) is 5.90 Å². The smallest absolute Gasteiger partial charge is 0.146 e. The Morgan fingerprint density at radius 2 is 1.90 bits per heavy atom. The molecule has 0 radical (unpaired) electrons. The molecule has 10 heavy (non-hydrogen) atoms. The average Bonchev–Trinajstić information content (AvgIpc) is 2.05. The summed E-state index contributed by atoms with van der Waals surface area (Å²) in [6.07, 6.45) is 1.26. The van der Waals surface area contributed by atoms with Crippen molar-refractivity contribution in [3.63, 3.8) is 0 Å². The first kappa shape index (κ1) is 6.77. The van der Waals surface area contributed by atoms with Gasteiger partial charge in [-0.05, 0) is 29.8 Å². The molecule has 0 heterocycles. The van der Waals surface area contributed by atoms with Gasteiger partial charge in [0.05, 0.1) is 0 Å². The Hall–Kier alpha value is -1.35. The Balaban J connectivity index is 2.90. The Bertz CT molecular complexity index is 218. The van der Waals surface area contributed by atoms with E-state index in [1.54, 1.807) is 24.3 Å². The third-order valence-electron chi connectivity index (χ3n) is 1.18. The molecular weight excluding hydrogens is 128 g/mol. The van der Waals surface area contributed by atoms with E-state index in [4.69, 9.17) is 11.3 Å². The van der Waals surface area contributed by atoms with E-state index in [9.17, 15) is 0 Å². The zero-order valence-corrected chi connectivity index (χ0v) is 5.37. The van der Waals surface area contributed by atoms with Crippen LogP contribution in [0.1, 0.15) is 5.56 Å². The van der Waals surface area contributed by atoms with Crippen LogP contribution in [0.5, 0.6) is 5.75 Å². The molecule has 0 unspecified atom stereocenters. The topological polar surface area (TPSA) is 59.1 Å². The summed E-state index contributed by atoms with van der Waals surface area (Å²) in [5.41, 5.74) is 0.834. The summed E-state index contributed by atoms with van der Waals surface area (Å²) < 4.78 is 0. The van der Waals surface area contributed by atoms with Gasteiger partial charge in [0.15, 0.2) is 0 Å². The van der Waals surface area contributed by atoms with Crippen LogP contribution in [0.3, 0.4) is 0 Å². The highest BCUT2D eigenvalue weighted by Crippen LogP contribution is 2.08. The first-order chi connectivity index (χ1) is 4.86. The van der Waals surface area contributed by atoms with Crippen LogP contribution in [0.4, 0.5) is 0 Å². The zero-order chi connectivity index (χ0) is 7.40. The Labute approximate surface area is 58.9 Å². The van der Waals surface area contributed by atoms with E-state index in [1.165, 1.54) is 6.21 Å². The maximum Gasteiger partial charge on any atom is 0.146 e. The second-order valence-electron chi connectivity index (χ2n) is 1.83. The summed E-state index contributed by atoms with van der Waals surface area (Å²) >= 11 is 0. The Morgan fingerprint density at radius 1 is 1.30 bits per heavy atom. The second kappa shape index (κ2) is 2.98. The number of benzene rings is 1. The summed E-state index contributed by atoms with van der Waals surface area (Å²) in [5.74, 6) is 5.49. The van der Waals surface area contributed by atoms with Gasteiger partial charge >= 0.3 is 0 Å². The molecule has 0 bridgehead atoms. The average molecular weight is 136 g/mol. The molecule has 52 valence electrons. The minimum atomic E-state index is 0.602. The van der Waals surface area contributed by atoms with E-state index < -0.39 is 0 Å². The normalized spacial score (nSPS) is 8.90. The van der Waals surface area contributed by atoms with E-state index >= 15 is 0 Å². The molecule has 0 saturated carbocycles. The van der Waals surface area contributed by atoms with Crippen LogP contribution in [0, 0.1) is 5.41 Å². The van der Waals surface area contributed by atoms with Crippen LogP contribution in [0.25, 0.3) is 0 Å². The van der Waals surface area contributed by atoms with Crippen LogP contribution >= 0.6 is 0 Å². The fourth-order valence-electron chi connectivity index (χ4n) is 0.643. The zero-order valence-electron chi connectivity index (χ0n) is 5.37. The summed E-state index contributed by atoms with van der Waals surface area (Å²) in [7, 11) is 0. The number of nitrogens with two attached hydrogens (primary N) is 1. The molecule has 0 aliphatic carbocycles. The third-order valence-corrected chi connectivity index (χ3v) is 1.18. The molecule has 0 aromatic heterocycles. The Kier molecular flexibility index (Phi) is 2.02. The maximum atomic E-state index is 6.87. The number of hydrogen-bond acceptors (Lipinski definition) is 3. The molecule has 0 aliphatic heterocycles. The summed E-state index contributed by atoms with van der Waals surface area (Å²) in [5, 5.41) is 6.87. The second-order valence-corrected chi connectivity index (χ2v) is 1.83. The molecular formula is C7H8N2O. The Morgan fingerprint density at radius 3 is 2.30 bits per heavy atom. The van der Waals surface area contributed by atoms with Gasteiger partial charge in [0.25, 0.3) is 0 Å². The van der Waals surface area contributed by atoms with Crippen molar-refractivity contribution in [2.75, 3.05) is 0 Å². The van der Waals surface area contributed by atoms with Gasteiger partial charge < -0.3 is 10.2 Å². The SMILES string of the molecule is N=Cc1ccc(ON)cc1. The van der Waals surface area contributed by atoms with Gasteiger partial charge in [-0.15, -0.1) is 0 Å². The van der Waals surface area contributed by atoms with Crippen LogP contribution in [0.15, 0.2) is 24.3 Å². The fourth-order valence-corrected chi connectivity index (χ4v) is 0.643. The van der Waals surface area contributed by atoms with Crippen LogP contribution < -0.4 is 10.7 Å². The first-order valence-electron chi connectivity index (χ1n) is 2.84. The van der Waals surface area contributed by atoms with Gasteiger partial charge in [0.1, 0.15) is 5.75 Å². The molecule has 3 nitrogen and oxygen atoms in total.